The van der Waals surface area contributed by atoms with Crippen molar-refractivity contribution in [1.82, 2.24) is 15.5 Å². The number of halogens is 1. The number of fused-ring (bicyclic) bond motifs is 1. The summed E-state index contributed by atoms with van der Waals surface area (Å²) in [4.78, 5) is 30.9. The highest BCUT2D eigenvalue weighted by atomic mass is 127. The van der Waals surface area contributed by atoms with Crippen LogP contribution in [0.2, 0.25) is 0 Å². The second-order valence-electron chi connectivity index (χ2n) is 7.53. The Morgan fingerprint density at radius 3 is 2.34 bits per heavy atom. The topological polar surface area (TPSA) is 83.0 Å². The number of hydrogen-bond acceptors (Lipinski definition) is 4. The monoisotopic (exact) mass is 514 g/mol. The molecule has 0 bridgehead atoms. The molecule has 160 valence electrons. The van der Waals surface area contributed by atoms with Gasteiger partial charge >= 0.3 is 0 Å². The summed E-state index contributed by atoms with van der Waals surface area (Å²) in [6.07, 6.45) is 4.66. The van der Waals surface area contributed by atoms with Crippen molar-refractivity contribution in [1.29, 1.82) is 0 Å². The quantitative estimate of drug-likeness (QED) is 0.229. The number of ether oxygens (including phenoxy) is 1. The zero-order valence-electron chi connectivity index (χ0n) is 17.2. The van der Waals surface area contributed by atoms with Crippen LogP contribution in [0, 0.1) is 5.41 Å². The average Bonchev–Trinajstić information content (AvgIpc) is 2.92. The molecule has 29 heavy (non-hydrogen) atoms. The normalized spacial score (nSPS) is 17.4. The third-order valence-electron chi connectivity index (χ3n) is 5.67. The molecule has 0 radical (unpaired) electrons. The summed E-state index contributed by atoms with van der Waals surface area (Å²) in [6, 6.07) is 6.96. The number of hydrogen-bond donors (Lipinski definition) is 2. The van der Waals surface area contributed by atoms with E-state index in [1.165, 1.54) is 24.2 Å². The second-order valence-corrected chi connectivity index (χ2v) is 7.53. The first-order chi connectivity index (χ1) is 13.6. The highest BCUT2D eigenvalue weighted by Crippen LogP contribution is 2.44. The van der Waals surface area contributed by atoms with Gasteiger partial charge in [-0.2, -0.15) is 0 Å². The van der Waals surface area contributed by atoms with Crippen molar-refractivity contribution in [3.05, 3.63) is 35.4 Å². The Hall–Kier alpha value is -1.68. The Morgan fingerprint density at radius 1 is 1.17 bits per heavy atom. The highest BCUT2D eigenvalue weighted by Gasteiger charge is 2.36. The second kappa shape index (κ2) is 10.9. The Kier molecular flexibility index (Phi) is 8.88. The first-order valence-corrected chi connectivity index (χ1v) is 10.1. The predicted molar refractivity (Wildman–Crippen MR) is 124 cm³/mol. The lowest BCUT2D eigenvalue weighted by Crippen LogP contribution is -2.44. The van der Waals surface area contributed by atoms with E-state index in [4.69, 9.17) is 9.73 Å². The molecule has 1 aliphatic heterocycles. The number of amides is 2. The van der Waals surface area contributed by atoms with Crippen molar-refractivity contribution in [2.24, 2.45) is 10.4 Å². The first-order valence-electron chi connectivity index (χ1n) is 10.1. The third-order valence-corrected chi connectivity index (χ3v) is 5.67. The van der Waals surface area contributed by atoms with Gasteiger partial charge in [0.1, 0.15) is 0 Å². The van der Waals surface area contributed by atoms with Gasteiger partial charge in [0.05, 0.1) is 11.1 Å². The molecule has 8 heteroatoms. The summed E-state index contributed by atoms with van der Waals surface area (Å²) in [6.45, 7) is 5.07. The molecule has 0 saturated heterocycles. The number of carbonyl (C=O) groups is 2. The minimum Gasteiger partial charge on any atom is -0.385 e. The van der Waals surface area contributed by atoms with Crippen LogP contribution in [0.5, 0.6) is 0 Å². The van der Waals surface area contributed by atoms with Gasteiger partial charge in [0.2, 0.25) is 0 Å². The van der Waals surface area contributed by atoms with E-state index in [2.05, 4.69) is 10.6 Å². The molecule has 0 unspecified atom stereocenters. The van der Waals surface area contributed by atoms with Crippen molar-refractivity contribution in [3.63, 3.8) is 0 Å². The van der Waals surface area contributed by atoms with Crippen LogP contribution in [0.4, 0.5) is 0 Å². The number of guanidine groups is 1. The van der Waals surface area contributed by atoms with Gasteiger partial charge in [0.25, 0.3) is 11.8 Å². The summed E-state index contributed by atoms with van der Waals surface area (Å²) in [5.41, 5.74) is 1.22. The molecular formula is C21H31IN4O3. The number of imide groups is 1. The van der Waals surface area contributed by atoms with Gasteiger partial charge < -0.3 is 15.4 Å². The van der Waals surface area contributed by atoms with Crippen LogP contribution in [-0.2, 0) is 4.74 Å². The molecule has 1 aromatic rings. The predicted octanol–water partition coefficient (Wildman–Crippen LogP) is 2.66. The summed E-state index contributed by atoms with van der Waals surface area (Å²) in [7, 11) is 1.74. The lowest BCUT2D eigenvalue weighted by Gasteiger charge is -2.40. The molecule has 2 aliphatic rings. The van der Waals surface area contributed by atoms with E-state index in [1.807, 2.05) is 6.92 Å². The van der Waals surface area contributed by atoms with Crippen LogP contribution in [0.25, 0.3) is 0 Å². The fourth-order valence-electron chi connectivity index (χ4n) is 3.80. The minimum atomic E-state index is -0.225. The number of aliphatic imine (C=N–C) groups is 1. The molecule has 0 aromatic heterocycles. The van der Waals surface area contributed by atoms with Gasteiger partial charge in [-0.1, -0.05) is 18.6 Å². The fraction of sp³-hybridized carbons (Fsp3) is 0.571. The number of nitrogens with one attached hydrogen (secondary N) is 2. The number of nitrogens with zero attached hydrogens (tertiary/aromatic N) is 2. The van der Waals surface area contributed by atoms with Crippen LogP contribution in [0.15, 0.2) is 29.3 Å². The van der Waals surface area contributed by atoms with Crippen molar-refractivity contribution in [2.45, 2.75) is 32.6 Å². The van der Waals surface area contributed by atoms with Gasteiger partial charge in [0, 0.05) is 39.9 Å². The van der Waals surface area contributed by atoms with Crippen LogP contribution in [0.3, 0.4) is 0 Å². The zero-order chi connectivity index (χ0) is 20.0. The van der Waals surface area contributed by atoms with Gasteiger partial charge in [0.15, 0.2) is 5.96 Å². The SMILES string of the molecule is CCNC(=NCC1(CCOC)CCC1)NCCN1C(=O)c2ccccc2C1=O.I. The Balaban J connectivity index is 0.00000300. The van der Waals surface area contributed by atoms with Gasteiger partial charge in [-0.3, -0.25) is 19.5 Å². The Labute approximate surface area is 189 Å². The van der Waals surface area contributed by atoms with Crippen LogP contribution in [-0.4, -0.2) is 62.6 Å². The molecule has 2 N–H and O–H groups in total. The standard InChI is InChI=1S/C21H30N4O3.HI/c1-3-22-20(24-15-21(9-6-10-21)11-14-28-2)23-12-13-25-18(26)16-7-4-5-8-17(16)19(25)27;/h4-5,7-8H,3,6,9-15H2,1-2H3,(H2,22,23,24);1H. The van der Waals surface area contributed by atoms with E-state index in [-0.39, 0.29) is 41.2 Å². The Morgan fingerprint density at radius 2 is 1.83 bits per heavy atom. The average molecular weight is 514 g/mol. The fourth-order valence-corrected chi connectivity index (χ4v) is 3.80. The number of carbonyl (C=O) groups excluding carboxylic acids is 2. The zero-order valence-corrected chi connectivity index (χ0v) is 19.5. The molecule has 7 nitrogen and oxygen atoms in total. The molecular weight excluding hydrogens is 483 g/mol. The van der Waals surface area contributed by atoms with Crippen LogP contribution < -0.4 is 10.6 Å². The summed E-state index contributed by atoms with van der Waals surface area (Å²) >= 11 is 0. The van der Waals surface area contributed by atoms with Crippen molar-refractivity contribution >= 4 is 41.8 Å². The molecule has 2 amide bonds. The molecule has 1 fully saturated rings. The number of methoxy groups -OCH3 is 1. The van der Waals surface area contributed by atoms with E-state index in [1.54, 1.807) is 31.4 Å². The van der Waals surface area contributed by atoms with Crippen molar-refractivity contribution in [3.8, 4) is 0 Å². The molecule has 1 heterocycles. The van der Waals surface area contributed by atoms with Gasteiger partial charge in [-0.05, 0) is 43.7 Å². The maximum atomic E-state index is 12.4. The van der Waals surface area contributed by atoms with Crippen LogP contribution >= 0.6 is 24.0 Å². The van der Waals surface area contributed by atoms with Crippen LogP contribution in [0.1, 0.15) is 53.3 Å². The molecule has 0 spiro atoms. The van der Waals surface area contributed by atoms with E-state index < -0.39 is 0 Å². The summed E-state index contributed by atoms with van der Waals surface area (Å²) in [5, 5.41) is 6.50. The smallest absolute Gasteiger partial charge is 0.261 e. The van der Waals surface area contributed by atoms with E-state index >= 15 is 0 Å². The molecule has 1 aliphatic carbocycles. The van der Waals surface area contributed by atoms with Crippen molar-refractivity contribution in [2.75, 3.05) is 39.9 Å². The lowest BCUT2D eigenvalue weighted by molar-refractivity contribution is 0.0657. The number of benzene rings is 1. The molecule has 1 aromatic carbocycles. The number of rotatable bonds is 9. The van der Waals surface area contributed by atoms with Gasteiger partial charge in [-0.25, -0.2) is 0 Å². The van der Waals surface area contributed by atoms with E-state index in [9.17, 15) is 9.59 Å². The molecule has 0 atom stereocenters. The molecule has 1 saturated carbocycles. The molecule has 3 rings (SSSR count). The largest absolute Gasteiger partial charge is 0.385 e. The minimum absolute atomic E-state index is 0. The highest BCUT2D eigenvalue weighted by molar-refractivity contribution is 14.0. The summed E-state index contributed by atoms with van der Waals surface area (Å²) < 4.78 is 5.25. The van der Waals surface area contributed by atoms with Gasteiger partial charge in [-0.15, -0.1) is 24.0 Å². The lowest BCUT2D eigenvalue weighted by atomic mass is 9.67. The first kappa shape index (κ1) is 23.6. The maximum Gasteiger partial charge on any atom is 0.261 e. The van der Waals surface area contributed by atoms with E-state index in [0.717, 1.165) is 32.1 Å². The van der Waals surface area contributed by atoms with Crippen molar-refractivity contribution < 1.29 is 14.3 Å². The Bertz CT molecular complexity index is 714. The maximum absolute atomic E-state index is 12.4. The van der Waals surface area contributed by atoms with E-state index in [0.29, 0.717) is 24.2 Å². The third kappa shape index (κ3) is 5.48. The summed E-state index contributed by atoms with van der Waals surface area (Å²) in [5.74, 6) is 0.275.